The van der Waals surface area contributed by atoms with Crippen molar-refractivity contribution in [2.75, 3.05) is 26.3 Å². The molecule has 2 aromatic heterocycles. The third-order valence-corrected chi connectivity index (χ3v) is 3.35. The van der Waals surface area contributed by atoms with Crippen molar-refractivity contribution >= 4 is 22.5 Å². The molecule has 0 saturated carbocycles. The Morgan fingerprint density at radius 3 is 3.00 bits per heavy atom. The van der Waals surface area contributed by atoms with Crippen molar-refractivity contribution in [1.82, 2.24) is 14.9 Å². The van der Waals surface area contributed by atoms with E-state index in [0.29, 0.717) is 5.15 Å². The lowest BCUT2D eigenvalue weighted by atomic mass is 10.3. The number of H-pyrrole nitrogens is 1. The summed E-state index contributed by atoms with van der Waals surface area (Å²) in [5.74, 6) is 0. The number of nitrogens with one attached hydrogen (secondary N) is 1. The van der Waals surface area contributed by atoms with E-state index in [1.54, 1.807) is 6.20 Å². The number of morpholine rings is 1. The first kappa shape index (κ1) is 11.0. The molecule has 0 unspecified atom stereocenters. The molecular weight excluding hydrogens is 238 g/mol. The number of aromatic nitrogens is 2. The van der Waals surface area contributed by atoms with Gasteiger partial charge >= 0.3 is 0 Å². The lowest BCUT2D eigenvalue weighted by molar-refractivity contribution is 0.0337. The summed E-state index contributed by atoms with van der Waals surface area (Å²) in [5.41, 5.74) is 2.23. The predicted octanol–water partition coefficient (Wildman–Crippen LogP) is 2.05. The largest absolute Gasteiger partial charge is 0.379 e. The summed E-state index contributed by atoms with van der Waals surface area (Å²) in [6, 6.07) is 4.03. The van der Waals surface area contributed by atoms with Gasteiger partial charge in [-0.05, 0) is 12.1 Å². The van der Waals surface area contributed by atoms with E-state index in [4.69, 9.17) is 16.3 Å². The van der Waals surface area contributed by atoms with Gasteiger partial charge in [0.1, 0.15) is 5.15 Å². The molecule has 0 aromatic carbocycles. The van der Waals surface area contributed by atoms with Crippen molar-refractivity contribution in [3.05, 3.63) is 29.2 Å². The number of pyridine rings is 1. The van der Waals surface area contributed by atoms with E-state index in [2.05, 4.69) is 20.9 Å². The third-order valence-electron chi connectivity index (χ3n) is 3.05. The van der Waals surface area contributed by atoms with Crippen molar-refractivity contribution in [3.63, 3.8) is 0 Å². The van der Waals surface area contributed by atoms with Crippen LogP contribution < -0.4 is 0 Å². The maximum absolute atomic E-state index is 6.05. The minimum absolute atomic E-state index is 0.562. The first-order chi connectivity index (χ1) is 8.33. The zero-order chi connectivity index (χ0) is 11.7. The quantitative estimate of drug-likeness (QED) is 0.831. The van der Waals surface area contributed by atoms with Gasteiger partial charge in [-0.2, -0.15) is 0 Å². The van der Waals surface area contributed by atoms with Crippen molar-refractivity contribution in [2.45, 2.75) is 6.54 Å². The molecule has 0 radical (unpaired) electrons. The zero-order valence-electron chi connectivity index (χ0n) is 9.45. The van der Waals surface area contributed by atoms with Gasteiger partial charge in [-0.15, -0.1) is 0 Å². The molecule has 90 valence electrons. The summed E-state index contributed by atoms with van der Waals surface area (Å²) in [7, 11) is 0. The van der Waals surface area contributed by atoms with Crippen molar-refractivity contribution in [2.24, 2.45) is 0 Å². The van der Waals surface area contributed by atoms with E-state index < -0.39 is 0 Å². The Bertz CT molecular complexity index is 519. The summed E-state index contributed by atoms with van der Waals surface area (Å²) in [5, 5.41) is 1.56. The molecule has 1 saturated heterocycles. The van der Waals surface area contributed by atoms with Crippen molar-refractivity contribution in [3.8, 4) is 0 Å². The smallest absolute Gasteiger partial charge is 0.138 e. The monoisotopic (exact) mass is 251 g/mol. The molecule has 4 nitrogen and oxygen atoms in total. The first-order valence-corrected chi connectivity index (χ1v) is 6.13. The Labute approximate surface area is 105 Å². The van der Waals surface area contributed by atoms with Gasteiger partial charge in [-0.3, -0.25) is 4.90 Å². The molecule has 3 heterocycles. The van der Waals surface area contributed by atoms with Crippen LogP contribution in [-0.2, 0) is 11.3 Å². The van der Waals surface area contributed by atoms with Crippen molar-refractivity contribution in [1.29, 1.82) is 0 Å². The van der Waals surface area contributed by atoms with Crippen LogP contribution in [0.25, 0.3) is 10.9 Å². The molecule has 5 heteroatoms. The molecule has 3 rings (SSSR count). The molecule has 1 aliphatic rings. The molecule has 2 aromatic rings. The molecule has 1 aliphatic heterocycles. The van der Waals surface area contributed by atoms with Crippen LogP contribution in [0.4, 0.5) is 0 Å². The lowest BCUT2D eigenvalue weighted by Gasteiger charge is -2.25. The second kappa shape index (κ2) is 4.64. The number of halogens is 1. The van der Waals surface area contributed by atoms with Crippen LogP contribution in [0.1, 0.15) is 5.69 Å². The van der Waals surface area contributed by atoms with Gasteiger partial charge in [0, 0.05) is 36.9 Å². The van der Waals surface area contributed by atoms with Gasteiger partial charge in [0.05, 0.1) is 18.7 Å². The topological polar surface area (TPSA) is 41.2 Å². The van der Waals surface area contributed by atoms with E-state index >= 15 is 0 Å². The highest BCUT2D eigenvalue weighted by atomic mass is 35.5. The first-order valence-electron chi connectivity index (χ1n) is 5.75. The fourth-order valence-corrected chi connectivity index (χ4v) is 2.38. The summed E-state index contributed by atoms with van der Waals surface area (Å²) in [6.07, 6.45) is 1.72. The maximum atomic E-state index is 6.05. The second-order valence-electron chi connectivity index (χ2n) is 4.25. The molecule has 0 aliphatic carbocycles. The van der Waals surface area contributed by atoms with Gasteiger partial charge in [0.15, 0.2) is 0 Å². The zero-order valence-corrected chi connectivity index (χ0v) is 10.2. The molecule has 1 fully saturated rings. The summed E-state index contributed by atoms with van der Waals surface area (Å²) in [6.45, 7) is 4.53. The molecule has 17 heavy (non-hydrogen) atoms. The fraction of sp³-hybridized carbons (Fsp3) is 0.417. The minimum Gasteiger partial charge on any atom is -0.379 e. The number of fused-ring (bicyclic) bond motifs is 1. The number of ether oxygens (including phenoxy) is 1. The highest BCUT2D eigenvalue weighted by Crippen LogP contribution is 2.22. The SMILES string of the molecule is Clc1nccc2[nH]c(CN3CCOCC3)cc12. The number of aromatic amines is 1. The lowest BCUT2D eigenvalue weighted by Crippen LogP contribution is -2.35. The van der Waals surface area contributed by atoms with E-state index in [-0.39, 0.29) is 0 Å². The number of hydrogen-bond acceptors (Lipinski definition) is 3. The highest BCUT2D eigenvalue weighted by Gasteiger charge is 2.12. The molecule has 1 N–H and O–H groups in total. The van der Waals surface area contributed by atoms with Gasteiger partial charge in [-0.1, -0.05) is 11.6 Å². The third kappa shape index (κ3) is 2.29. The molecule has 0 atom stereocenters. The molecule has 0 amide bonds. The van der Waals surface area contributed by atoms with Gasteiger partial charge in [-0.25, -0.2) is 4.98 Å². The van der Waals surface area contributed by atoms with Crippen LogP contribution in [0.5, 0.6) is 0 Å². The van der Waals surface area contributed by atoms with E-state index in [1.165, 1.54) is 5.69 Å². The molecule has 0 spiro atoms. The highest BCUT2D eigenvalue weighted by molar-refractivity contribution is 6.34. The summed E-state index contributed by atoms with van der Waals surface area (Å²) < 4.78 is 5.33. The average Bonchev–Trinajstić information content (AvgIpc) is 2.74. The second-order valence-corrected chi connectivity index (χ2v) is 4.60. The van der Waals surface area contributed by atoms with Crippen LogP contribution in [0.15, 0.2) is 18.3 Å². The van der Waals surface area contributed by atoms with Crippen molar-refractivity contribution < 1.29 is 4.74 Å². The van der Waals surface area contributed by atoms with Crippen LogP contribution in [0, 0.1) is 0 Å². The maximum Gasteiger partial charge on any atom is 0.138 e. The summed E-state index contributed by atoms with van der Waals surface area (Å²) >= 11 is 6.05. The normalized spacial score (nSPS) is 17.7. The van der Waals surface area contributed by atoms with Gasteiger partial charge in [0.25, 0.3) is 0 Å². The Hall–Kier alpha value is -1.10. The van der Waals surface area contributed by atoms with E-state index in [1.807, 2.05) is 6.07 Å². The minimum atomic E-state index is 0.562. The summed E-state index contributed by atoms with van der Waals surface area (Å²) in [4.78, 5) is 9.83. The Kier molecular flexibility index (Phi) is 3.01. The Balaban J connectivity index is 1.83. The van der Waals surface area contributed by atoms with Crippen LogP contribution in [0.2, 0.25) is 5.15 Å². The van der Waals surface area contributed by atoms with E-state index in [0.717, 1.165) is 43.8 Å². The van der Waals surface area contributed by atoms with Crippen LogP contribution in [-0.4, -0.2) is 41.2 Å². The van der Waals surface area contributed by atoms with Gasteiger partial charge in [0.2, 0.25) is 0 Å². The average molecular weight is 252 g/mol. The fourth-order valence-electron chi connectivity index (χ4n) is 2.16. The number of nitrogens with zero attached hydrogens (tertiary/aromatic N) is 2. The van der Waals surface area contributed by atoms with Crippen LogP contribution >= 0.6 is 11.6 Å². The van der Waals surface area contributed by atoms with Crippen LogP contribution in [0.3, 0.4) is 0 Å². The Morgan fingerprint density at radius 2 is 2.24 bits per heavy atom. The van der Waals surface area contributed by atoms with E-state index in [9.17, 15) is 0 Å². The molecule has 0 bridgehead atoms. The van der Waals surface area contributed by atoms with Gasteiger partial charge < -0.3 is 9.72 Å². The molecular formula is C12H14ClN3O. The standard InChI is InChI=1S/C12H14ClN3O/c13-12-10-7-9(15-11(10)1-2-14-12)8-16-3-5-17-6-4-16/h1-2,7,15H,3-6,8H2. The predicted molar refractivity (Wildman–Crippen MR) is 67.2 cm³/mol. The number of rotatable bonds is 2. The number of hydrogen-bond donors (Lipinski definition) is 1. The Morgan fingerprint density at radius 1 is 1.41 bits per heavy atom.